The maximum atomic E-state index is 13.2. The number of nitrogens with one attached hydrogen (secondary N) is 2. The van der Waals surface area contributed by atoms with Crippen molar-refractivity contribution >= 4 is 35.4 Å². The van der Waals surface area contributed by atoms with Crippen molar-refractivity contribution in [2.45, 2.75) is 64.0 Å². The molecular formula is C21H29N5O2S2. The smallest absolute Gasteiger partial charge is 0.245 e. The summed E-state index contributed by atoms with van der Waals surface area (Å²) in [5, 5.41) is 12.4. The van der Waals surface area contributed by atoms with Gasteiger partial charge in [0.25, 0.3) is 0 Å². The maximum absolute atomic E-state index is 13.2. The Morgan fingerprint density at radius 2 is 1.97 bits per heavy atom. The SMILES string of the molecule is CC(C(=O)N1CCC(NC(=O)C2CCCCC2)CC1)n1c(-c2cccs2)n[nH]c1=S. The lowest BCUT2D eigenvalue weighted by Crippen LogP contribution is -2.49. The van der Waals surface area contributed by atoms with Crippen molar-refractivity contribution in [2.24, 2.45) is 5.92 Å². The minimum absolute atomic E-state index is 0.0439. The zero-order valence-electron chi connectivity index (χ0n) is 17.3. The Kier molecular flexibility index (Phi) is 6.67. The summed E-state index contributed by atoms with van der Waals surface area (Å²) in [6.45, 7) is 3.18. The number of thiophene rings is 1. The van der Waals surface area contributed by atoms with E-state index in [0.717, 1.165) is 43.4 Å². The molecule has 162 valence electrons. The van der Waals surface area contributed by atoms with E-state index in [0.29, 0.717) is 23.7 Å². The molecule has 1 saturated heterocycles. The Morgan fingerprint density at radius 1 is 1.23 bits per heavy atom. The van der Waals surface area contributed by atoms with Crippen LogP contribution in [0.3, 0.4) is 0 Å². The van der Waals surface area contributed by atoms with Crippen LogP contribution in [-0.2, 0) is 9.59 Å². The van der Waals surface area contributed by atoms with Crippen LogP contribution in [0.15, 0.2) is 17.5 Å². The van der Waals surface area contributed by atoms with Gasteiger partial charge in [0, 0.05) is 25.0 Å². The van der Waals surface area contributed by atoms with Crippen LogP contribution in [0.2, 0.25) is 0 Å². The van der Waals surface area contributed by atoms with Crippen LogP contribution in [0.1, 0.15) is 57.9 Å². The molecule has 0 radical (unpaired) electrons. The van der Waals surface area contributed by atoms with Crippen molar-refractivity contribution in [3.8, 4) is 10.7 Å². The number of aromatic amines is 1. The normalized spacial score (nSPS) is 19.6. The van der Waals surface area contributed by atoms with Crippen molar-refractivity contribution in [1.29, 1.82) is 0 Å². The average molecular weight is 448 g/mol. The molecule has 2 fully saturated rings. The molecule has 0 aromatic carbocycles. The highest BCUT2D eigenvalue weighted by Gasteiger charge is 2.30. The number of aromatic nitrogens is 3. The first-order valence-corrected chi connectivity index (χ1v) is 12.1. The number of rotatable bonds is 5. The molecule has 2 aromatic rings. The standard InChI is InChI=1S/C21H29N5O2S2/c1-14(26-18(23-24-21(26)29)17-8-5-13-30-17)20(28)25-11-9-16(10-12-25)22-19(27)15-6-3-2-4-7-15/h5,8,13-16H,2-4,6-7,9-12H2,1H3,(H,22,27)(H,24,29). The van der Waals surface area contributed by atoms with Crippen LogP contribution in [0, 0.1) is 10.7 Å². The summed E-state index contributed by atoms with van der Waals surface area (Å²) >= 11 is 6.97. The third kappa shape index (κ3) is 4.51. The average Bonchev–Trinajstić information content (AvgIpc) is 3.43. The number of carbonyl (C=O) groups is 2. The van der Waals surface area contributed by atoms with E-state index in [-0.39, 0.29) is 23.8 Å². The molecule has 0 spiro atoms. The lowest BCUT2D eigenvalue weighted by Gasteiger charge is -2.35. The van der Waals surface area contributed by atoms with Gasteiger partial charge < -0.3 is 10.2 Å². The van der Waals surface area contributed by atoms with Gasteiger partial charge in [-0.15, -0.1) is 11.3 Å². The first-order chi connectivity index (χ1) is 14.5. The third-order valence-corrected chi connectivity index (χ3v) is 7.47. The largest absolute Gasteiger partial charge is 0.353 e. The molecule has 2 amide bonds. The fourth-order valence-corrected chi connectivity index (χ4v) is 5.55. The van der Waals surface area contributed by atoms with E-state index in [4.69, 9.17) is 12.2 Å². The van der Waals surface area contributed by atoms with Gasteiger partial charge in [0.1, 0.15) is 6.04 Å². The van der Waals surface area contributed by atoms with Crippen molar-refractivity contribution in [1.82, 2.24) is 25.0 Å². The number of carbonyl (C=O) groups excluding carboxylic acids is 2. The van der Waals surface area contributed by atoms with Gasteiger partial charge in [0.15, 0.2) is 10.6 Å². The molecule has 2 aliphatic rings. The molecule has 2 N–H and O–H groups in total. The van der Waals surface area contributed by atoms with Crippen molar-refractivity contribution in [3.05, 3.63) is 22.3 Å². The highest BCUT2D eigenvalue weighted by molar-refractivity contribution is 7.71. The summed E-state index contributed by atoms with van der Waals surface area (Å²) in [4.78, 5) is 28.6. The Labute approximate surface area is 185 Å². The van der Waals surface area contributed by atoms with E-state index in [1.54, 1.807) is 15.9 Å². The number of likely N-dealkylation sites (tertiary alicyclic amines) is 1. The number of piperidine rings is 1. The van der Waals surface area contributed by atoms with E-state index in [1.807, 2.05) is 29.3 Å². The van der Waals surface area contributed by atoms with Crippen molar-refractivity contribution in [3.63, 3.8) is 0 Å². The first-order valence-electron chi connectivity index (χ1n) is 10.8. The predicted octanol–water partition coefficient (Wildman–Crippen LogP) is 3.92. The number of hydrogen-bond donors (Lipinski definition) is 2. The van der Waals surface area contributed by atoms with Gasteiger partial charge >= 0.3 is 0 Å². The molecule has 9 heteroatoms. The van der Waals surface area contributed by atoms with Crippen LogP contribution >= 0.6 is 23.6 Å². The zero-order chi connectivity index (χ0) is 21.1. The minimum atomic E-state index is -0.429. The molecule has 1 aliphatic heterocycles. The van der Waals surface area contributed by atoms with E-state index in [9.17, 15) is 9.59 Å². The second kappa shape index (κ2) is 9.43. The second-order valence-electron chi connectivity index (χ2n) is 8.32. The molecule has 7 nitrogen and oxygen atoms in total. The van der Waals surface area contributed by atoms with Gasteiger partial charge in [0.2, 0.25) is 11.8 Å². The summed E-state index contributed by atoms with van der Waals surface area (Å²) in [6, 6.07) is 3.67. The Morgan fingerprint density at radius 3 is 2.63 bits per heavy atom. The molecule has 2 aromatic heterocycles. The van der Waals surface area contributed by atoms with E-state index in [1.165, 1.54) is 6.42 Å². The summed E-state index contributed by atoms with van der Waals surface area (Å²) in [5.74, 6) is 1.13. The van der Waals surface area contributed by atoms with Crippen LogP contribution in [0.5, 0.6) is 0 Å². The van der Waals surface area contributed by atoms with Crippen LogP contribution < -0.4 is 5.32 Å². The molecule has 1 atom stereocenters. The van der Waals surface area contributed by atoms with Gasteiger partial charge in [-0.2, -0.15) is 5.10 Å². The van der Waals surface area contributed by atoms with Gasteiger partial charge in [-0.25, -0.2) is 0 Å². The molecule has 4 rings (SSSR count). The van der Waals surface area contributed by atoms with Gasteiger partial charge in [-0.1, -0.05) is 25.3 Å². The summed E-state index contributed by atoms with van der Waals surface area (Å²) in [6.07, 6.45) is 7.19. The predicted molar refractivity (Wildman–Crippen MR) is 120 cm³/mol. The lowest BCUT2D eigenvalue weighted by atomic mass is 9.88. The zero-order valence-corrected chi connectivity index (χ0v) is 18.9. The Bertz CT molecular complexity index is 922. The molecule has 3 heterocycles. The lowest BCUT2D eigenvalue weighted by molar-refractivity contribution is -0.135. The quantitative estimate of drug-likeness (QED) is 0.681. The molecule has 1 aliphatic carbocycles. The molecular weight excluding hydrogens is 418 g/mol. The van der Waals surface area contributed by atoms with E-state index < -0.39 is 6.04 Å². The molecule has 1 saturated carbocycles. The Hall–Kier alpha value is -2.00. The second-order valence-corrected chi connectivity index (χ2v) is 9.65. The highest BCUT2D eigenvalue weighted by Crippen LogP contribution is 2.27. The van der Waals surface area contributed by atoms with E-state index >= 15 is 0 Å². The fourth-order valence-electron chi connectivity index (χ4n) is 4.55. The number of amides is 2. The third-order valence-electron chi connectivity index (χ3n) is 6.32. The maximum Gasteiger partial charge on any atom is 0.245 e. The monoisotopic (exact) mass is 447 g/mol. The Balaban J connectivity index is 1.35. The summed E-state index contributed by atoms with van der Waals surface area (Å²) in [5.41, 5.74) is 0. The molecule has 30 heavy (non-hydrogen) atoms. The highest BCUT2D eigenvalue weighted by atomic mass is 32.1. The van der Waals surface area contributed by atoms with Crippen LogP contribution in [0.4, 0.5) is 0 Å². The topological polar surface area (TPSA) is 83.0 Å². The number of H-pyrrole nitrogens is 1. The number of hydrogen-bond acceptors (Lipinski definition) is 5. The summed E-state index contributed by atoms with van der Waals surface area (Å²) in [7, 11) is 0. The van der Waals surface area contributed by atoms with Crippen LogP contribution in [0.25, 0.3) is 10.7 Å². The van der Waals surface area contributed by atoms with E-state index in [2.05, 4.69) is 15.5 Å². The minimum Gasteiger partial charge on any atom is -0.353 e. The molecule has 0 bridgehead atoms. The first kappa shape index (κ1) is 21.2. The number of nitrogens with zero attached hydrogens (tertiary/aromatic N) is 3. The summed E-state index contributed by atoms with van der Waals surface area (Å²) < 4.78 is 2.26. The van der Waals surface area contributed by atoms with Gasteiger partial charge in [-0.3, -0.25) is 19.3 Å². The van der Waals surface area contributed by atoms with Crippen molar-refractivity contribution in [2.75, 3.05) is 13.1 Å². The fraction of sp³-hybridized carbons (Fsp3) is 0.619. The van der Waals surface area contributed by atoms with Gasteiger partial charge in [0.05, 0.1) is 4.88 Å². The molecule has 1 unspecified atom stereocenters. The van der Waals surface area contributed by atoms with Crippen molar-refractivity contribution < 1.29 is 9.59 Å². The van der Waals surface area contributed by atoms with Gasteiger partial charge in [-0.05, 0) is 56.3 Å². The van der Waals surface area contributed by atoms with Crippen LogP contribution in [-0.4, -0.2) is 50.6 Å².